The summed E-state index contributed by atoms with van der Waals surface area (Å²) in [5, 5.41) is 3.23. The van der Waals surface area contributed by atoms with Gasteiger partial charge in [-0.1, -0.05) is 29.8 Å². The van der Waals surface area contributed by atoms with Crippen LogP contribution in [0.3, 0.4) is 0 Å². The first-order chi connectivity index (χ1) is 20.3. The molecule has 0 aliphatic carbocycles. The summed E-state index contributed by atoms with van der Waals surface area (Å²) < 4.78 is 34.4. The van der Waals surface area contributed by atoms with Crippen LogP contribution in [0.5, 0.6) is 0 Å². The maximum Gasteiger partial charge on any atom is 0.321 e. The normalized spacial score (nSPS) is 14.7. The first-order valence-electron chi connectivity index (χ1n) is 13.5. The maximum atomic E-state index is 13.8. The highest BCUT2D eigenvalue weighted by molar-refractivity contribution is 7.91. The molecule has 1 aliphatic heterocycles. The third kappa shape index (κ3) is 7.99. The summed E-state index contributed by atoms with van der Waals surface area (Å²) in [5.74, 6) is -4.25. The molecule has 12 heteroatoms. The Morgan fingerprint density at radius 1 is 0.977 bits per heavy atom. The molecule has 43 heavy (non-hydrogen) atoms. The smallest absolute Gasteiger partial charge is 0.321 e. The zero-order valence-corrected chi connectivity index (χ0v) is 25.5. The van der Waals surface area contributed by atoms with Gasteiger partial charge in [-0.15, -0.1) is 0 Å². The molecule has 0 spiro atoms. The van der Waals surface area contributed by atoms with E-state index >= 15 is 0 Å². The first kappa shape index (κ1) is 31.7. The molecule has 1 heterocycles. The molecular formula is C31H31ClN2O8S. The van der Waals surface area contributed by atoms with E-state index in [1.807, 2.05) is 19.1 Å². The molecule has 1 unspecified atom stereocenters. The van der Waals surface area contributed by atoms with Gasteiger partial charge in [0.05, 0.1) is 5.69 Å². The topological polar surface area (TPSA) is 136 Å². The Bertz CT molecular complexity index is 1690. The molecule has 0 fully saturated rings. The van der Waals surface area contributed by atoms with E-state index in [2.05, 4.69) is 10.1 Å². The summed E-state index contributed by atoms with van der Waals surface area (Å²) >= 11 is 6.27. The van der Waals surface area contributed by atoms with Crippen LogP contribution in [0.1, 0.15) is 63.3 Å². The van der Waals surface area contributed by atoms with Gasteiger partial charge in [0, 0.05) is 40.9 Å². The second-order valence-electron chi connectivity index (χ2n) is 10.2. The monoisotopic (exact) mass is 626 g/mol. The van der Waals surface area contributed by atoms with Gasteiger partial charge in [0.2, 0.25) is 0 Å². The van der Waals surface area contributed by atoms with Crippen molar-refractivity contribution in [2.24, 2.45) is 0 Å². The van der Waals surface area contributed by atoms with Crippen molar-refractivity contribution in [2.75, 3.05) is 28.5 Å². The van der Waals surface area contributed by atoms with E-state index in [1.165, 1.54) is 0 Å². The van der Waals surface area contributed by atoms with Crippen molar-refractivity contribution in [1.29, 1.82) is 0 Å². The molecular weight excluding hydrogens is 596 g/mol. The molecule has 0 saturated carbocycles. The minimum Gasteiger partial charge on any atom is -0.457 e. The fourth-order valence-electron chi connectivity index (χ4n) is 4.81. The Hall–Kier alpha value is -4.22. The Morgan fingerprint density at radius 2 is 1.72 bits per heavy atom. The average molecular weight is 627 g/mol. The van der Waals surface area contributed by atoms with Crippen molar-refractivity contribution in [1.82, 2.24) is 0 Å². The number of hydrogen-bond donors (Lipinski definition) is 1. The zero-order valence-electron chi connectivity index (χ0n) is 23.9. The number of sulfone groups is 1. The van der Waals surface area contributed by atoms with Crippen LogP contribution in [0, 0.1) is 13.8 Å². The third-order valence-electron chi connectivity index (χ3n) is 6.88. The number of rotatable bonds is 8. The molecule has 226 valence electrons. The van der Waals surface area contributed by atoms with Crippen LogP contribution in [-0.2, 0) is 28.9 Å². The second-order valence-corrected chi connectivity index (χ2v) is 12.7. The number of nitrogens with zero attached hydrogens (tertiary/aromatic N) is 1. The van der Waals surface area contributed by atoms with Gasteiger partial charge in [-0.2, -0.15) is 0 Å². The highest BCUT2D eigenvalue weighted by Crippen LogP contribution is 2.38. The molecule has 10 nitrogen and oxygen atoms in total. The van der Waals surface area contributed by atoms with E-state index in [4.69, 9.17) is 16.3 Å². The van der Waals surface area contributed by atoms with Gasteiger partial charge >= 0.3 is 11.9 Å². The molecule has 1 N–H and O–H groups in total. The highest BCUT2D eigenvalue weighted by atomic mass is 35.5. The van der Waals surface area contributed by atoms with E-state index in [9.17, 15) is 27.6 Å². The number of nitrogens with one attached hydrogen (secondary N) is 1. The molecule has 1 atom stereocenters. The van der Waals surface area contributed by atoms with Crippen molar-refractivity contribution in [2.45, 2.75) is 39.7 Å². The number of ether oxygens (including phenoxy) is 2. The molecule has 0 bridgehead atoms. The van der Waals surface area contributed by atoms with Crippen LogP contribution in [-0.4, -0.2) is 50.4 Å². The number of carbonyl (C=O) groups excluding carboxylic acids is 4. The van der Waals surface area contributed by atoms with Gasteiger partial charge in [-0.25, -0.2) is 8.42 Å². The van der Waals surface area contributed by atoms with Gasteiger partial charge in [0.25, 0.3) is 11.8 Å². The van der Waals surface area contributed by atoms with Crippen LogP contribution < -0.4 is 10.2 Å². The molecule has 1 aliphatic rings. The lowest BCUT2D eigenvalue weighted by atomic mass is 10.0. The average Bonchev–Trinajstić information content (AvgIpc) is 3.10. The predicted octanol–water partition coefficient (Wildman–Crippen LogP) is 5.17. The highest BCUT2D eigenvalue weighted by Gasteiger charge is 2.31. The summed E-state index contributed by atoms with van der Waals surface area (Å²) in [4.78, 5) is 51.7. The van der Waals surface area contributed by atoms with Gasteiger partial charge in [0.1, 0.15) is 6.10 Å². The zero-order chi connectivity index (χ0) is 31.3. The van der Waals surface area contributed by atoms with Crippen molar-refractivity contribution in [3.05, 3.63) is 93.5 Å². The number of amides is 2. The van der Waals surface area contributed by atoms with Gasteiger partial charge < -0.3 is 19.7 Å². The Balaban J connectivity index is 1.54. The Morgan fingerprint density at radius 3 is 2.42 bits per heavy atom. The molecule has 2 amide bonds. The predicted molar refractivity (Wildman–Crippen MR) is 162 cm³/mol. The summed E-state index contributed by atoms with van der Waals surface area (Å²) in [5.41, 5.74) is 3.94. The van der Waals surface area contributed by atoms with E-state index in [-0.39, 0.29) is 11.8 Å². The fourth-order valence-corrected chi connectivity index (χ4v) is 5.85. The number of fused-ring (bicyclic) bond motifs is 1. The van der Waals surface area contributed by atoms with E-state index < -0.39 is 39.6 Å². The quantitative estimate of drug-likeness (QED) is 0.338. The molecule has 0 aromatic heterocycles. The molecule has 0 saturated heterocycles. The second kappa shape index (κ2) is 13.4. The molecule has 3 aromatic rings. The first-order valence-corrected chi connectivity index (χ1v) is 15.7. The van der Waals surface area contributed by atoms with Crippen molar-refractivity contribution in [3.63, 3.8) is 0 Å². The summed E-state index contributed by atoms with van der Waals surface area (Å²) in [6, 6.07) is 17.1. The van der Waals surface area contributed by atoms with Crippen LogP contribution in [0.4, 0.5) is 11.4 Å². The standard InChI is InChI=1S/C31H31ClN2O8S/c1-19-7-4-5-8-24(19)30(37)33-23-11-12-25(20(2)15-23)31(38)34-14-6-9-28(26-16-22(32)10-13-27(26)34)42-29(36)17-43(39,40)18-41-21(3)35/h4-5,7-8,10-13,15-16,28H,6,9,14,17-18H2,1-3H3,(H,33,37). The number of halogens is 1. The minimum absolute atomic E-state index is 0.255. The lowest BCUT2D eigenvalue weighted by molar-refractivity contribution is -0.147. The lowest BCUT2D eigenvalue weighted by Crippen LogP contribution is -2.32. The molecule has 0 radical (unpaired) electrons. The van der Waals surface area contributed by atoms with Crippen LogP contribution in [0.15, 0.2) is 60.7 Å². The lowest BCUT2D eigenvalue weighted by Gasteiger charge is -2.25. The summed E-state index contributed by atoms with van der Waals surface area (Å²) in [6.45, 7) is 5.00. The number of esters is 2. The van der Waals surface area contributed by atoms with Crippen molar-refractivity contribution >= 4 is 56.6 Å². The van der Waals surface area contributed by atoms with E-state index in [0.717, 1.165) is 12.5 Å². The van der Waals surface area contributed by atoms with Crippen LogP contribution in [0.25, 0.3) is 0 Å². The SMILES string of the molecule is CC(=O)OCS(=O)(=O)CC(=O)OC1CCCN(C(=O)c2ccc(NC(=O)c3ccccc3C)cc2C)c2ccc(Cl)cc21. The molecule has 4 rings (SSSR count). The fraction of sp³-hybridized carbons (Fsp3) is 0.290. The Kier molecular flexibility index (Phi) is 9.87. The summed E-state index contributed by atoms with van der Waals surface area (Å²) in [7, 11) is -4.05. The number of benzene rings is 3. The maximum absolute atomic E-state index is 13.8. The van der Waals surface area contributed by atoms with Crippen molar-refractivity contribution in [3.8, 4) is 0 Å². The van der Waals surface area contributed by atoms with Crippen molar-refractivity contribution < 1.29 is 37.1 Å². The summed E-state index contributed by atoms with van der Waals surface area (Å²) in [6.07, 6.45) is -0.0989. The number of anilines is 2. The van der Waals surface area contributed by atoms with Gasteiger partial charge in [0.15, 0.2) is 21.5 Å². The van der Waals surface area contributed by atoms with Crippen LogP contribution in [0.2, 0.25) is 5.02 Å². The Labute approximate surface area is 254 Å². The van der Waals surface area contributed by atoms with E-state index in [1.54, 1.807) is 60.4 Å². The van der Waals surface area contributed by atoms with Gasteiger partial charge in [-0.05, 0) is 80.3 Å². The minimum atomic E-state index is -4.05. The molecule has 3 aromatic carbocycles. The largest absolute Gasteiger partial charge is 0.457 e. The third-order valence-corrected chi connectivity index (χ3v) is 8.27. The number of hydrogen-bond acceptors (Lipinski definition) is 8. The van der Waals surface area contributed by atoms with Crippen LogP contribution >= 0.6 is 11.6 Å². The number of aryl methyl sites for hydroxylation is 2. The van der Waals surface area contributed by atoms with E-state index in [0.29, 0.717) is 58.0 Å². The number of carbonyl (C=O) groups is 4. The van der Waals surface area contributed by atoms with Gasteiger partial charge in [-0.3, -0.25) is 19.2 Å².